The predicted octanol–water partition coefficient (Wildman–Crippen LogP) is 2.87. The zero-order chi connectivity index (χ0) is 19.5. The van der Waals surface area contributed by atoms with Crippen molar-refractivity contribution in [2.24, 2.45) is 5.92 Å². The number of carbonyl (C=O) groups excluding carboxylic acids is 2. The molecule has 0 radical (unpaired) electrons. The molecule has 29 heavy (non-hydrogen) atoms. The first-order valence-corrected chi connectivity index (χ1v) is 9.71. The molecule has 2 aliphatic rings. The largest absolute Gasteiger partial charge is 0.472 e. The van der Waals surface area contributed by atoms with Crippen LogP contribution in [-0.4, -0.2) is 54.3 Å². The number of rotatable bonds is 3. The second-order valence-corrected chi connectivity index (χ2v) is 7.39. The summed E-state index contributed by atoms with van der Waals surface area (Å²) in [5, 5.41) is 3.30. The predicted molar refractivity (Wildman–Crippen MR) is 108 cm³/mol. The van der Waals surface area contributed by atoms with Crippen LogP contribution in [0.15, 0.2) is 47.3 Å². The molecule has 2 aliphatic heterocycles. The zero-order valence-corrected chi connectivity index (χ0v) is 16.9. The lowest BCUT2D eigenvalue weighted by Crippen LogP contribution is -2.52. The average molecular weight is 422 g/mol. The van der Waals surface area contributed by atoms with Crippen LogP contribution in [0.3, 0.4) is 0 Å². The van der Waals surface area contributed by atoms with Crippen molar-refractivity contribution in [2.75, 3.05) is 32.7 Å². The summed E-state index contributed by atoms with van der Waals surface area (Å²) in [5.74, 6) is -0.352. The molecule has 2 saturated heterocycles. The maximum atomic E-state index is 13.7. The molecule has 2 aromatic rings. The van der Waals surface area contributed by atoms with Crippen molar-refractivity contribution >= 4 is 24.2 Å². The van der Waals surface area contributed by atoms with Crippen molar-refractivity contribution in [3.63, 3.8) is 0 Å². The number of hydrogen-bond donors (Lipinski definition) is 1. The van der Waals surface area contributed by atoms with Gasteiger partial charge in [0.25, 0.3) is 5.91 Å². The molecular weight excluding hydrogens is 397 g/mol. The van der Waals surface area contributed by atoms with Gasteiger partial charge >= 0.3 is 0 Å². The summed E-state index contributed by atoms with van der Waals surface area (Å²) in [6.07, 6.45) is 4.22. The van der Waals surface area contributed by atoms with Gasteiger partial charge in [-0.1, -0.05) is 12.1 Å². The normalized spacial score (nSPS) is 20.2. The quantitative estimate of drug-likeness (QED) is 0.827. The Morgan fingerprint density at radius 2 is 1.93 bits per heavy atom. The van der Waals surface area contributed by atoms with E-state index in [0.717, 1.165) is 12.1 Å². The third-order valence-electron chi connectivity index (χ3n) is 5.66. The van der Waals surface area contributed by atoms with Crippen molar-refractivity contribution in [3.05, 3.63) is 59.8 Å². The summed E-state index contributed by atoms with van der Waals surface area (Å²) in [6.45, 7) is 3.06. The van der Waals surface area contributed by atoms with E-state index in [-0.39, 0.29) is 42.0 Å². The summed E-state index contributed by atoms with van der Waals surface area (Å²) < 4.78 is 18.7. The van der Waals surface area contributed by atoms with Gasteiger partial charge in [-0.25, -0.2) is 4.39 Å². The molecule has 1 atom stereocenters. The zero-order valence-electron chi connectivity index (χ0n) is 16.1. The Morgan fingerprint density at radius 3 is 2.62 bits per heavy atom. The van der Waals surface area contributed by atoms with Gasteiger partial charge in [0.15, 0.2) is 0 Å². The minimum absolute atomic E-state index is 0. The molecule has 0 bridgehead atoms. The monoisotopic (exact) mass is 421 g/mol. The maximum absolute atomic E-state index is 13.7. The van der Waals surface area contributed by atoms with E-state index >= 15 is 0 Å². The van der Waals surface area contributed by atoms with Crippen molar-refractivity contribution in [3.8, 4) is 0 Å². The van der Waals surface area contributed by atoms with Crippen LogP contribution in [0.4, 0.5) is 4.39 Å². The molecule has 2 amide bonds. The Labute approximate surface area is 175 Å². The molecule has 1 unspecified atom stereocenters. The van der Waals surface area contributed by atoms with Gasteiger partial charge in [-0.15, -0.1) is 12.4 Å². The van der Waals surface area contributed by atoms with E-state index in [1.54, 1.807) is 17.0 Å². The summed E-state index contributed by atoms with van der Waals surface area (Å²) in [6, 6.07) is 7.96. The van der Waals surface area contributed by atoms with Gasteiger partial charge in [-0.3, -0.25) is 9.59 Å². The highest BCUT2D eigenvalue weighted by Gasteiger charge is 2.35. The number of nitrogens with one attached hydrogen (secondary N) is 1. The maximum Gasteiger partial charge on any atom is 0.257 e. The first-order chi connectivity index (χ1) is 13.6. The highest BCUT2D eigenvalue weighted by Crippen LogP contribution is 2.28. The van der Waals surface area contributed by atoms with Gasteiger partial charge in [-0.2, -0.15) is 0 Å². The van der Waals surface area contributed by atoms with E-state index < -0.39 is 0 Å². The van der Waals surface area contributed by atoms with Crippen LogP contribution in [0.2, 0.25) is 0 Å². The Balaban J connectivity index is 0.00000240. The van der Waals surface area contributed by atoms with E-state index in [9.17, 15) is 14.0 Å². The second kappa shape index (κ2) is 9.41. The molecule has 3 heterocycles. The Kier molecular flexibility index (Phi) is 6.92. The Hall–Kier alpha value is -2.38. The van der Waals surface area contributed by atoms with Gasteiger partial charge in [-0.05, 0) is 36.6 Å². The smallest absolute Gasteiger partial charge is 0.257 e. The molecule has 4 rings (SSSR count). The lowest BCUT2D eigenvalue weighted by molar-refractivity contribution is -0.140. The fourth-order valence-electron chi connectivity index (χ4n) is 4.11. The van der Waals surface area contributed by atoms with Crippen LogP contribution in [0, 0.1) is 11.7 Å². The van der Waals surface area contributed by atoms with E-state index in [2.05, 4.69) is 5.32 Å². The highest BCUT2D eigenvalue weighted by atomic mass is 35.5. The molecule has 6 nitrogen and oxygen atoms in total. The molecule has 0 spiro atoms. The minimum Gasteiger partial charge on any atom is -0.472 e. The van der Waals surface area contributed by atoms with Crippen LogP contribution in [0.25, 0.3) is 0 Å². The van der Waals surface area contributed by atoms with Gasteiger partial charge in [0.05, 0.1) is 17.9 Å². The van der Waals surface area contributed by atoms with E-state index in [1.165, 1.54) is 24.7 Å². The molecule has 1 N–H and O–H groups in total. The van der Waals surface area contributed by atoms with Crippen molar-refractivity contribution in [1.29, 1.82) is 0 Å². The number of carbonyl (C=O) groups is 2. The first kappa shape index (κ1) is 21.3. The lowest BCUT2D eigenvalue weighted by Gasteiger charge is -2.40. The number of halogens is 2. The minimum atomic E-state index is -0.290. The number of amides is 2. The van der Waals surface area contributed by atoms with Gasteiger partial charge < -0.3 is 19.5 Å². The molecule has 156 valence electrons. The molecule has 0 aliphatic carbocycles. The van der Waals surface area contributed by atoms with E-state index in [0.29, 0.717) is 44.6 Å². The van der Waals surface area contributed by atoms with Crippen molar-refractivity contribution < 1.29 is 18.4 Å². The molecule has 8 heteroatoms. The Morgan fingerprint density at radius 1 is 1.14 bits per heavy atom. The number of nitrogens with zero attached hydrogens (tertiary/aromatic N) is 2. The van der Waals surface area contributed by atoms with E-state index in [4.69, 9.17) is 4.42 Å². The lowest BCUT2D eigenvalue weighted by atomic mass is 9.92. The number of furan rings is 1. The number of likely N-dealkylation sites (tertiary alicyclic amines) is 1. The number of benzene rings is 1. The van der Waals surface area contributed by atoms with E-state index in [1.807, 2.05) is 11.0 Å². The molecule has 0 saturated carbocycles. The van der Waals surface area contributed by atoms with Gasteiger partial charge in [0.1, 0.15) is 12.1 Å². The number of piperazine rings is 1. The van der Waals surface area contributed by atoms with Crippen LogP contribution < -0.4 is 5.32 Å². The first-order valence-electron chi connectivity index (χ1n) is 9.71. The summed E-state index contributed by atoms with van der Waals surface area (Å²) in [5.41, 5.74) is 1.35. The van der Waals surface area contributed by atoms with Crippen LogP contribution >= 0.6 is 12.4 Å². The highest BCUT2D eigenvalue weighted by molar-refractivity contribution is 5.94. The molecular formula is C21H25ClFN3O3. The third kappa shape index (κ3) is 4.62. The topological polar surface area (TPSA) is 65.8 Å². The number of hydrogen-bond acceptors (Lipinski definition) is 4. The standard InChI is InChI=1S/C21H24FN3O3.ClH/c22-18-3-1-2-16(12-18)19-13-23-7-10-25(19)21(27)15-4-8-24(9-5-15)20(26)17-6-11-28-14-17;/h1-3,6,11-12,14-15,19,23H,4-5,7-10,13H2;1H. The van der Waals surface area contributed by atoms with Crippen LogP contribution in [-0.2, 0) is 4.79 Å². The SMILES string of the molecule is Cl.O=C(c1ccoc1)N1CCC(C(=O)N2CCNCC2c2cccc(F)c2)CC1. The Bertz CT molecular complexity index is 837. The van der Waals surface area contributed by atoms with Crippen molar-refractivity contribution in [1.82, 2.24) is 15.1 Å². The van der Waals surface area contributed by atoms with Crippen LogP contribution in [0.5, 0.6) is 0 Å². The second-order valence-electron chi connectivity index (χ2n) is 7.39. The fraction of sp³-hybridized carbons (Fsp3) is 0.429. The molecule has 1 aromatic carbocycles. The summed E-state index contributed by atoms with van der Waals surface area (Å²) in [4.78, 5) is 29.3. The molecule has 1 aromatic heterocycles. The fourth-order valence-corrected chi connectivity index (χ4v) is 4.11. The molecule has 2 fully saturated rings. The van der Waals surface area contributed by atoms with Crippen molar-refractivity contribution in [2.45, 2.75) is 18.9 Å². The third-order valence-corrected chi connectivity index (χ3v) is 5.66. The van der Waals surface area contributed by atoms with Crippen LogP contribution in [0.1, 0.15) is 34.8 Å². The average Bonchev–Trinajstić information content (AvgIpc) is 3.28. The summed E-state index contributed by atoms with van der Waals surface area (Å²) >= 11 is 0. The van der Waals surface area contributed by atoms with Gasteiger partial charge in [0, 0.05) is 38.6 Å². The summed E-state index contributed by atoms with van der Waals surface area (Å²) in [7, 11) is 0. The van der Waals surface area contributed by atoms with Gasteiger partial charge in [0.2, 0.25) is 5.91 Å². The number of piperidine rings is 1.